The number of carbonyl (C=O) groups excluding carboxylic acids is 1. The van der Waals surface area contributed by atoms with Crippen LogP contribution in [0.1, 0.15) is 44.1 Å². The molecule has 0 saturated heterocycles. The van der Waals surface area contributed by atoms with Gasteiger partial charge in [0.25, 0.3) is 0 Å². The average Bonchev–Trinajstić information content (AvgIpc) is 2.47. The fourth-order valence-corrected chi connectivity index (χ4v) is 2.22. The van der Waals surface area contributed by atoms with E-state index in [0.29, 0.717) is 0 Å². The summed E-state index contributed by atoms with van der Waals surface area (Å²) in [6.07, 6.45) is -0.694. The quantitative estimate of drug-likeness (QED) is 0.862. The molecule has 0 radical (unpaired) electrons. The second kappa shape index (κ2) is 6.55. The highest BCUT2D eigenvalue weighted by Crippen LogP contribution is 2.25. The smallest absolute Gasteiger partial charge is 0.303 e. The summed E-state index contributed by atoms with van der Waals surface area (Å²) in [7, 11) is 0. The third kappa shape index (κ3) is 3.92. The first-order valence-corrected chi connectivity index (χ1v) is 7.03. The topological polar surface area (TPSA) is 46.5 Å². The molecule has 0 heterocycles. The van der Waals surface area contributed by atoms with Gasteiger partial charge in [-0.05, 0) is 36.1 Å². The van der Waals surface area contributed by atoms with E-state index in [4.69, 9.17) is 4.74 Å². The van der Waals surface area contributed by atoms with Crippen LogP contribution in [-0.4, -0.2) is 11.1 Å². The lowest BCUT2D eigenvalue weighted by Gasteiger charge is -2.13. The number of hydrogen-bond donors (Lipinski definition) is 1. The van der Waals surface area contributed by atoms with Crippen LogP contribution in [0.4, 0.5) is 0 Å². The Bertz CT molecular complexity index is 597. The van der Waals surface area contributed by atoms with Crippen LogP contribution in [0.5, 0.6) is 0 Å². The predicted octanol–water partition coefficient (Wildman–Crippen LogP) is 4.03. The molecular formula is C18H20O3. The minimum atomic E-state index is -0.453. The van der Waals surface area contributed by atoms with Gasteiger partial charge in [0.1, 0.15) is 6.10 Å². The summed E-state index contributed by atoms with van der Waals surface area (Å²) in [4.78, 5) is 11.0. The van der Waals surface area contributed by atoms with Gasteiger partial charge in [-0.2, -0.15) is 0 Å². The van der Waals surface area contributed by atoms with Gasteiger partial charge in [0.05, 0.1) is 6.10 Å². The summed E-state index contributed by atoms with van der Waals surface area (Å²) in [5.74, 6) is -0.278. The van der Waals surface area contributed by atoms with Gasteiger partial charge in [0.15, 0.2) is 0 Å². The molecule has 0 unspecified atom stereocenters. The van der Waals surface area contributed by atoms with Gasteiger partial charge < -0.3 is 9.84 Å². The lowest BCUT2D eigenvalue weighted by Crippen LogP contribution is -2.04. The maximum absolute atomic E-state index is 11.0. The maximum Gasteiger partial charge on any atom is 0.303 e. The van der Waals surface area contributed by atoms with E-state index in [2.05, 4.69) is 0 Å². The molecule has 0 aliphatic carbocycles. The summed E-state index contributed by atoms with van der Waals surface area (Å²) in [6.45, 7) is 5.02. The molecule has 0 spiro atoms. The monoisotopic (exact) mass is 284 g/mol. The molecule has 0 fully saturated rings. The van der Waals surface area contributed by atoms with Crippen molar-refractivity contribution < 1.29 is 14.6 Å². The Morgan fingerprint density at radius 1 is 0.905 bits per heavy atom. The lowest BCUT2D eigenvalue weighted by atomic mass is 10.00. The van der Waals surface area contributed by atoms with Crippen molar-refractivity contribution in [3.63, 3.8) is 0 Å². The fraction of sp³-hybridized carbons (Fsp3) is 0.278. The lowest BCUT2D eigenvalue weighted by molar-refractivity contribution is -0.145. The Morgan fingerprint density at radius 3 is 1.71 bits per heavy atom. The van der Waals surface area contributed by atoms with Crippen LogP contribution in [0, 0.1) is 0 Å². The number of rotatable bonds is 4. The zero-order valence-electron chi connectivity index (χ0n) is 12.5. The molecule has 2 aromatic rings. The third-order valence-electron chi connectivity index (χ3n) is 3.45. The van der Waals surface area contributed by atoms with Gasteiger partial charge in [0.2, 0.25) is 0 Å². The van der Waals surface area contributed by atoms with Crippen molar-refractivity contribution >= 4 is 5.97 Å². The molecule has 1 N–H and O–H groups in total. The zero-order valence-corrected chi connectivity index (χ0v) is 12.5. The molecule has 2 rings (SSSR count). The van der Waals surface area contributed by atoms with Crippen molar-refractivity contribution in [1.29, 1.82) is 0 Å². The van der Waals surface area contributed by atoms with Crippen molar-refractivity contribution in [2.45, 2.75) is 33.0 Å². The summed E-state index contributed by atoms with van der Waals surface area (Å²) < 4.78 is 5.16. The van der Waals surface area contributed by atoms with E-state index in [0.717, 1.165) is 22.3 Å². The molecule has 0 amide bonds. The molecule has 3 heteroatoms. The molecule has 3 nitrogen and oxygen atoms in total. The van der Waals surface area contributed by atoms with Gasteiger partial charge in [-0.15, -0.1) is 0 Å². The third-order valence-corrected chi connectivity index (χ3v) is 3.45. The zero-order chi connectivity index (χ0) is 15.4. The molecule has 0 bridgehead atoms. The van der Waals surface area contributed by atoms with Gasteiger partial charge in [-0.1, -0.05) is 48.5 Å². The highest BCUT2D eigenvalue weighted by atomic mass is 16.5. The molecule has 0 saturated carbocycles. The second-order valence-electron chi connectivity index (χ2n) is 5.17. The van der Waals surface area contributed by atoms with Crippen LogP contribution in [0.3, 0.4) is 0 Å². The Hall–Kier alpha value is -2.13. The van der Waals surface area contributed by atoms with Crippen molar-refractivity contribution in [2.75, 3.05) is 0 Å². The Balaban J connectivity index is 2.16. The van der Waals surface area contributed by atoms with E-state index in [-0.39, 0.29) is 12.1 Å². The Labute approximate surface area is 125 Å². The average molecular weight is 284 g/mol. The molecular weight excluding hydrogens is 264 g/mol. The van der Waals surface area contributed by atoms with E-state index < -0.39 is 6.10 Å². The van der Waals surface area contributed by atoms with Crippen molar-refractivity contribution in [3.8, 4) is 11.1 Å². The van der Waals surface area contributed by atoms with E-state index in [9.17, 15) is 9.90 Å². The van der Waals surface area contributed by atoms with Crippen molar-refractivity contribution in [1.82, 2.24) is 0 Å². The first-order chi connectivity index (χ1) is 9.97. The summed E-state index contributed by atoms with van der Waals surface area (Å²) in [5.41, 5.74) is 4.05. The molecule has 2 atom stereocenters. The minimum absolute atomic E-state index is 0.242. The van der Waals surface area contributed by atoms with Crippen LogP contribution in [0.15, 0.2) is 48.5 Å². The van der Waals surface area contributed by atoms with Gasteiger partial charge in [-0.3, -0.25) is 4.79 Å². The number of ether oxygens (including phenoxy) is 1. The molecule has 21 heavy (non-hydrogen) atoms. The standard InChI is InChI=1S/C18H20O3/c1-12(19)15-4-8-17(9-5-15)18-10-6-16(7-11-18)13(2)21-14(3)20/h4-13,19H,1-3H3/t12-,13+/m0/s1. The Kier molecular flexibility index (Phi) is 4.76. The van der Waals surface area contributed by atoms with E-state index in [1.165, 1.54) is 6.92 Å². The van der Waals surface area contributed by atoms with E-state index in [1.54, 1.807) is 6.92 Å². The summed E-state index contributed by atoms with van der Waals surface area (Å²) >= 11 is 0. The fourth-order valence-electron chi connectivity index (χ4n) is 2.22. The van der Waals surface area contributed by atoms with Gasteiger partial charge >= 0.3 is 5.97 Å². The van der Waals surface area contributed by atoms with Crippen LogP contribution in [0.2, 0.25) is 0 Å². The molecule has 0 aliphatic heterocycles. The van der Waals surface area contributed by atoms with E-state index >= 15 is 0 Å². The normalized spacial score (nSPS) is 13.5. The first-order valence-electron chi connectivity index (χ1n) is 7.03. The molecule has 0 aromatic heterocycles. The highest BCUT2D eigenvalue weighted by Gasteiger charge is 2.08. The van der Waals surface area contributed by atoms with Gasteiger partial charge in [0, 0.05) is 6.92 Å². The number of aliphatic hydroxyl groups is 1. The van der Waals surface area contributed by atoms with Crippen LogP contribution in [0.25, 0.3) is 11.1 Å². The van der Waals surface area contributed by atoms with Gasteiger partial charge in [-0.25, -0.2) is 0 Å². The van der Waals surface area contributed by atoms with Crippen LogP contribution >= 0.6 is 0 Å². The summed E-state index contributed by atoms with van der Waals surface area (Å²) in [6, 6.07) is 15.8. The van der Waals surface area contributed by atoms with Crippen LogP contribution < -0.4 is 0 Å². The van der Waals surface area contributed by atoms with E-state index in [1.807, 2.05) is 55.5 Å². The number of benzene rings is 2. The number of hydrogen-bond acceptors (Lipinski definition) is 3. The molecule has 2 aromatic carbocycles. The van der Waals surface area contributed by atoms with Crippen molar-refractivity contribution in [2.24, 2.45) is 0 Å². The largest absolute Gasteiger partial charge is 0.458 e. The molecule has 0 aliphatic rings. The second-order valence-corrected chi connectivity index (χ2v) is 5.17. The maximum atomic E-state index is 11.0. The Morgan fingerprint density at radius 2 is 1.33 bits per heavy atom. The SMILES string of the molecule is CC(=O)O[C@H](C)c1ccc(-c2ccc([C@H](C)O)cc2)cc1. The van der Waals surface area contributed by atoms with Crippen LogP contribution in [-0.2, 0) is 9.53 Å². The predicted molar refractivity (Wildman–Crippen MR) is 82.7 cm³/mol. The number of esters is 1. The number of aliphatic hydroxyl groups excluding tert-OH is 1. The first kappa shape index (κ1) is 15.3. The molecule has 110 valence electrons. The highest BCUT2D eigenvalue weighted by molar-refractivity contribution is 5.67. The number of carbonyl (C=O) groups is 1. The minimum Gasteiger partial charge on any atom is -0.458 e. The van der Waals surface area contributed by atoms with Crippen molar-refractivity contribution in [3.05, 3.63) is 59.7 Å². The summed E-state index contributed by atoms with van der Waals surface area (Å²) in [5, 5.41) is 9.51.